The zero-order valence-corrected chi connectivity index (χ0v) is 23.8. The van der Waals surface area contributed by atoms with Crippen LogP contribution in [0.3, 0.4) is 0 Å². The molecule has 222 valence electrons. The van der Waals surface area contributed by atoms with Crippen LogP contribution in [-0.4, -0.2) is 89.2 Å². The third-order valence-electron chi connectivity index (χ3n) is 7.78. The van der Waals surface area contributed by atoms with Crippen molar-refractivity contribution in [2.45, 2.75) is 50.1 Å². The molecule has 0 aromatic rings. The van der Waals surface area contributed by atoms with E-state index in [1.54, 1.807) is 31.2 Å². The molecule has 41 heavy (non-hydrogen) atoms. The van der Waals surface area contributed by atoms with Gasteiger partial charge in [-0.2, -0.15) is 0 Å². The molecule has 1 spiro atoms. The predicted molar refractivity (Wildman–Crippen MR) is 151 cm³/mol. The average molecular weight is 589 g/mol. The molecular formula is C29H36N2O9S. The van der Waals surface area contributed by atoms with E-state index in [-0.39, 0.29) is 36.6 Å². The fourth-order valence-corrected chi connectivity index (χ4v) is 6.37. The number of aliphatic hydroxyl groups excluding tert-OH is 3. The van der Waals surface area contributed by atoms with Crippen molar-refractivity contribution in [3.63, 3.8) is 0 Å². The van der Waals surface area contributed by atoms with Gasteiger partial charge in [-0.05, 0) is 50.4 Å². The number of ether oxygens (including phenoxy) is 5. The predicted octanol–water partition coefficient (Wildman–Crippen LogP) is 2.13. The second kappa shape index (κ2) is 12.1. The zero-order valence-electron chi connectivity index (χ0n) is 22.9. The number of rotatable bonds is 10. The fourth-order valence-electron chi connectivity index (χ4n) is 6.03. The van der Waals surface area contributed by atoms with Gasteiger partial charge >= 0.3 is 5.97 Å². The van der Waals surface area contributed by atoms with Crippen molar-refractivity contribution in [2.24, 2.45) is 11.8 Å². The van der Waals surface area contributed by atoms with Gasteiger partial charge in [0, 0.05) is 30.7 Å². The number of fused-ring (bicyclic) bond motifs is 5. The van der Waals surface area contributed by atoms with Crippen molar-refractivity contribution in [1.82, 2.24) is 10.6 Å². The van der Waals surface area contributed by atoms with Crippen LogP contribution in [0.2, 0.25) is 0 Å². The number of carbonyl (C=O) groups excluding carboxylic acids is 1. The minimum atomic E-state index is -1.26. The van der Waals surface area contributed by atoms with Crippen LogP contribution in [0.1, 0.15) is 20.3 Å². The summed E-state index contributed by atoms with van der Waals surface area (Å²) in [6.07, 6.45) is 13.3. The second-order valence-corrected chi connectivity index (χ2v) is 11.1. The summed E-state index contributed by atoms with van der Waals surface area (Å²) in [6.45, 7) is 4.11. The minimum absolute atomic E-state index is 0.0778. The number of allylic oxidation sites excluding steroid dienone is 2. The van der Waals surface area contributed by atoms with E-state index >= 15 is 0 Å². The van der Waals surface area contributed by atoms with Gasteiger partial charge in [0.05, 0.1) is 49.4 Å². The molecule has 0 radical (unpaired) electrons. The van der Waals surface area contributed by atoms with Crippen LogP contribution < -0.4 is 10.6 Å². The van der Waals surface area contributed by atoms with Crippen molar-refractivity contribution in [2.75, 3.05) is 33.0 Å². The molecule has 0 saturated carbocycles. The Labute approximate surface area is 243 Å². The fraction of sp³-hybridized carbons (Fsp3) is 0.517. The van der Waals surface area contributed by atoms with E-state index in [2.05, 4.69) is 10.6 Å². The van der Waals surface area contributed by atoms with Gasteiger partial charge in [0.15, 0.2) is 10.7 Å². The zero-order chi connectivity index (χ0) is 29.2. The van der Waals surface area contributed by atoms with Crippen molar-refractivity contribution in [1.29, 1.82) is 0 Å². The van der Waals surface area contributed by atoms with E-state index in [0.717, 1.165) is 5.57 Å². The van der Waals surface area contributed by atoms with Crippen LogP contribution >= 0.6 is 12.2 Å². The van der Waals surface area contributed by atoms with Crippen molar-refractivity contribution in [3.05, 3.63) is 71.3 Å². The van der Waals surface area contributed by atoms with Crippen molar-refractivity contribution in [3.8, 4) is 0 Å². The number of nitrogens with one attached hydrogen (secondary N) is 2. The van der Waals surface area contributed by atoms with E-state index in [9.17, 15) is 20.1 Å². The van der Waals surface area contributed by atoms with Gasteiger partial charge < -0.3 is 49.6 Å². The maximum absolute atomic E-state index is 13.4. The summed E-state index contributed by atoms with van der Waals surface area (Å²) in [5, 5.41) is 36.5. The maximum atomic E-state index is 13.4. The standard InChI is InChI=1S/C29H36N2O9S/c1-3-37-27(35)38-13-12-36-11-10-30-26(41)31-28(2)9-8-20-19(16-28)25(34)40-29(20)21-6-4-17(32)14-23(21)39-24-15-18(33)5-7-22(24)29/h4-9,14-15,21-24,27,32-33,35H,3,10-13,16H2,1-2H3,(H2,30,31,41). The van der Waals surface area contributed by atoms with E-state index in [4.69, 9.17) is 35.9 Å². The number of aliphatic hydroxyl groups is 3. The van der Waals surface area contributed by atoms with Gasteiger partial charge in [0.25, 0.3) is 6.48 Å². The Morgan fingerprint density at radius 2 is 1.78 bits per heavy atom. The maximum Gasteiger partial charge on any atom is 0.335 e. The highest BCUT2D eigenvalue weighted by Gasteiger charge is 2.63. The molecule has 12 heteroatoms. The first kappa shape index (κ1) is 29.5. The molecule has 11 nitrogen and oxygen atoms in total. The molecule has 1 fully saturated rings. The van der Waals surface area contributed by atoms with Gasteiger partial charge in [0.1, 0.15) is 11.5 Å². The van der Waals surface area contributed by atoms with E-state index in [1.807, 2.05) is 31.2 Å². The van der Waals surface area contributed by atoms with Gasteiger partial charge in [-0.25, -0.2) is 4.79 Å². The molecule has 0 amide bonds. The van der Waals surface area contributed by atoms with Crippen molar-refractivity contribution >= 4 is 23.3 Å². The molecule has 5 N–H and O–H groups in total. The quantitative estimate of drug-likeness (QED) is 0.110. The number of hydrogen-bond acceptors (Lipinski definition) is 10. The highest BCUT2D eigenvalue weighted by molar-refractivity contribution is 7.80. The molecule has 0 bridgehead atoms. The molecule has 5 rings (SSSR count). The first-order valence-electron chi connectivity index (χ1n) is 13.7. The van der Waals surface area contributed by atoms with Crippen molar-refractivity contribution < 1.29 is 43.8 Å². The van der Waals surface area contributed by atoms with Crippen LogP contribution in [0.4, 0.5) is 0 Å². The monoisotopic (exact) mass is 588 g/mol. The summed E-state index contributed by atoms with van der Waals surface area (Å²) in [5.41, 5.74) is -0.375. The summed E-state index contributed by atoms with van der Waals surface area (Å²) in [6, 6.07) is 0. The summed E-state index contributed by atoms with van der Waals surface area (Å²) in [5.74, 6) is -0.984. The second-order valence-electron chi connectivity index (χ2n) is 10.6. The number of thiocarbonyl (C=S) groups is 1. The Kier molecular flexibility index (Phi) is 8.69. The highest BCUT2D eigenvalue weighted by Crippen LogP contribution is 2.56. The Morgan fingerprint density at radius 1 is 1.10 bits per heavy atom. The molecule has 2 heterocycles. The Morgan fingerprint density at radius 3 is 2.44 bits per heavy atom. The van der Waals surface area contributed by atoms with Crippen LogP contribution in [0.5, 0.6) is 0 Å². The lowest BCUT2D eigenvalue weighted by atomic mass is 9.62. The highest BCUT2D eigenvalue weighted by atomic mass is 32.1. The average Bonchev–Trinajstić information content (AvgIpc) is 3.19. The smallest absolute Gasteiger partial charge is 0.335 e. The lowest BCUT2D eigenvalue weighted by Gasteiger charge is -2.52. The minimum Gasteiger partial charge on any atom is -0.508 e. The van der Waals surface area contributed by atoms with Gasteiger partial charge in [-0.15, -0.1) is 0 Å². The molecule has 0 aromatic heterocycles. The number of esters is 1. The normalized spacial score (nSPS) is 33.9. The molecule has 6 unspecified atom stereocenters. The van der Waals surface area contributed by atoms with E-state index in [1.165, 1.54) is 0 Å². The first-order valence-corrected chi connectivity index (χ1v) is 14.1. The van der Waals surface area contributed by atoms with Crippen LogP contribution in [0.15, 0.2) is 71.3 Å². The largest absolute Gasteiger partial charge is 0.508 e. The Hall–Kier alpha value is -3.00. The first-order chi connectivity index (χ1) is 19.6. The molecular weight excluding hydrogens is 552 g/mol. The summed E-state index contributed by atoms with van der Waals surface area (Å²) < 4.78 is 27.9. The number of carbonyl (C=O) groups is 1. The topological polar surface area (TPSA) is 148 Å². The third-order valence-corrected chi connectivity index (χ3v) is 8.02. The summed E-state index contributed by atoms with van der Waals surface area (Å²) in [7, 11) is 0. The van der Waals surface area contributed by atoms with Gasteiger partial charge in [-0.1, -0.05) is 24.3 Å². The van der Waals surface area contributed by atoms with Crippen LogP contribution in [-0.2, 0) is 28.5 Å². The molecule has 0 aromatic carbocycles. The summed E-state index contributed by atoms with van der Waals surface area (Å²) in [4.78, 5) is 13.4. The van der Waals surface area contributed by atoms with Crippen LogP contribution in [0.25, 0.3) is 0 Å². The van der Waals surface area contributed by atoms with E-state index < -0.39 is 35.8 Å². The van der Waals surface area contributed by atoms with Crippen LogP contribution in [0, 0.1) is 11.8 Å². The number of hydrogen-bond donors (Lipinski definition) is 5. The molecule has 2 aliphatic heterocycles. The lowest BCUT2D eigenvalue weighted by Crippen LogP contribution is -2.60. The third kappa shape index (κ3) is 5.99. The van der Waals surface area contributed by atoms with Gasteiger partial charge in [0.2, 0.25) is 0 Å². The van der Waals surface area contributed by atoms with Gasteiger partial charge in [-0.3, -0.25) is 0 Å². The molecule has 5 aliphatic rings. The SMILES string of the molecule is CCOC(O)OCCOCCNC(=S)NC1(C)C=CC2=C(C1)C(=O)OC21C2C=CC(O)=CC2OC2C=C(O)C=CC21. The Balaban J connectivity index is 1.23. The lowest BCUT2D eigenvalue weighted by molar-refractivity contribution is -0.264. The van der Waals surface area contributed by atoms with E-state index in [0.29, 0.717) is 36.9 Å². The summed E-state index contributed by atoms with van der Waals surface area (Å²) >= 11 is 5.50. The molecule has 1 saturated heterocycles. The molecule has 6 atom stereocenters. The Bertz CT molecular complexity index is 1200. The molecule has 3 aliphatic carbocycles.